The molecule has 0 unspecified atom stereocenters. The summed E-state index contributed by atoms with van der Waals surface area (Å²) < 4.78 is 0. The number of nitro groups is 1. The number of hydrogen-bond donors (Lipinski definition) is 0. The molecule has 2 atom stereocenters. The van der Waals surface area contributed by atoms with E-state index in [1.165, 1.54) is 0 Å². The molecule has 0 saturated carbocycles. The predicted octanol–water partition coefficient (Wildman–Crippen LogP) is 3.53. The van der Waals surface area contributed by atoms with Gasteiger partial charge >= 0.3 is 0 Å². The number of benzene rings is 1. The molecule has 88 valence electrons. The highest BCUT2D eigenvalue weighted by Crippen LogP contribution is 2.35. The van der Waals surface area contributed by atoms with Crippen molar-refractivity contribution in [2.24, 2.45) is 0 Å². The van der Waals surface area contributed by atoms with Crippen molar-refractivity contribution in [1.82, 2.24) is 0 Å². The van der Waals surface area contributed by atoms with Gasteiger partial charge in [-0.3, -0.25) is 10.1 Å². The minimum Gasteiger partial charge on any atom is -0.264 e. The summed E-state index contributed by atoms with van der Waals surface area (Å²) in [5.41, 5.74) is 1.03. The Morgan fingerprint density at radius 3 is 2.19 bits per heavy atom. The number of thioether (sulfide) groups is 1. The molecule has 0 N–H and O–H groups in total. The van der Waals surface area contributed by atoms with Crippen molar-refractivity contribution < 1.29 is 4.92 Å². The first-order valence-corrected chi connectivity index (χ1v) is 6.30. The molecule has 1 rings (SSSR count). The van der Waals surface area contributed by atoms with E-state index in [9.17, 15) is 10.1 Å². The van der Waals surface area contributed by atoms with Gasteiger partial charge in [-0.2, -0.15) is 0 Å². The molecule has 3 nitrogen and oxygen atoms in total. The van der Waals surface area contributed by atoms with E-state index in [1.807, 2.05) is 30.3 Å². The van der Waals surface area contributed by atoms with E-state index >= 15 is 0 Å². The summed E-state index contributed by atoms with van der Waals surface area (Å²) in [6.45, 7) is 5.80. The maximum absolute atomic E-state index is 10.9. The monoisotopic (exact) mass is 239 g/mol. The predicted molar refractivity (Wildman–Crippen MR) is 68.4 cm³/mol. The van der Waals surface area contributed by atoms with Crippen LogP contribution in [0.5, 0.6) is 0 Å². The largest absolute Gasteiger partial charge is 0.264 e. The van der Waals surface area contributed by atoms with Crippen LogP contribution < -0.4 is 0 Å². The molecule has 0 aromatic heterocycles. The van der Waals surface area contributed by atoms with Crippen molar-refractivity contribution in [3.63, 3.8) is 0 Å². The average Bonchev–Trinajstić information content (AvgIpc) is 2.26. The highest BCUT2D eigenvalue weighted by molar-refractivity contribution is 8.00. The van der Waals surface area contributed by atoms with Crippen LogP contribution in [0.4, 0.5) is 0 Å². The normalized spacial score (nSPS) is 14.8. The van der Waals surface area contributed by atoms with Gasteiger partial charge in [0.05, 0.1) is 5.25 Å². The van der Waals surface area contributed by atoms with Crippen molar-refractivity contribution >= 4 is 11.8 Å². The lowest BCUT2D eigenvalue weighted by Gasteiger charge is -2.20. The molecular formula is C12H17NO2S. The van der Waals surface area contributed by atoms with Crippen LogP contribution in [0.3, 0.4) is 0 Å². The molecule has 0 spiro atoms. The van der Waals surface area contributed by atoms with Gasteiger partial charge in [0.1, 0.15) is 0 Å². The second-order valence-electron chi connectivity index (χ2n) is 4.04. The molecule has 16 heavy (non-hydrogen) atoms. The molecule has 0 aliphatic rings. The van der Waals surface area contributed by atoms with Gasteiger partial charge in [-0.1, -0.05) is 44.2 Å². The van der Waals surface area contributed by atoms with Gasteiger partial charge < -0.3 is 0 Å². The van der Waals surface area contributed by atoms with E-state index in [-0.39, 0.29) is 10.2 Å². The quantitative estimate of drug-likeness (QED) is 0.583. The smallest absolute Gasteiger partial charge is 0.226 e. The van der Waals surface area contributed by atoms with Gasteiger partial charge in [0.2, 0.25) is 6.04 Å². The van der Waals surface area contributed by atoms with Crippen molar-refractivity contribution in [3.05, 3.63) is 46.0 Å². The second-order valence-corrected chi connectivity index (χ2v) is 5.76. The van der Waals surface area contributed by atoms with Crippen LogP contribution in [0.15, 0.2) is 30.3 Å². The van der Waals surface area contributed by atoms with Gasteiger partial charge in [-0.05, 0) is 10.8 Å². The number of rotatable bonds is 5. The first-order chi connectivity index (χ1) is 7.52. The van der Waals surface area contributed by atoms with Gasteiger partial charge in [-0.15, -0.1) is 11.8 Å². The number of hydrogen-bond acceptors (Lipinski definition) is 3. The Morgan fingerprint density at radius 1 is 1.19 bits per heavy atom. The van der Waals surface area contributed by atoms with Crippen LogP contribution in [-0.2, 0) is 0 Å². The van der Waals surface area contributed by atoms with E-state index < -0.39 is 6.04 Å². The van der Waals surface area contributed by atoms with E-state index in [0.29, 0.717) is 5.25 Å². The van der Waals surface area contributed by atoms with Crippen molar-refractivity contribution in [2.45, 2.75) is 37.3 Å². The zero-order valence-electron chi connectivity index (χ0n) is 9.79. The third-order valence-corrected chi connectivity index (χ3v) is 3.82. The molecule has 0 bridgehead atoms. The number of nitrogens with zero attached hydrogens (tertiary/aromatic N) is 1. The maximum atomic E-state index is 10.9. The summed E-state index contributed by atoms with van der Waals surface area (Å²) in [7, 11) is 0. The minimum absolute atomic E-state index is 0.0730. The Labute approximate surface area is 100 Å². The van der Waals surface area contributed by atoms with Gasteiger partial charge in [0, 0.05) is 11.8 Å². The van der Waals surface area contributed by atoms with Crippen LogP contribution in [0.1, 0.15) is 31.6 Å². The Morgan fingerprint density at radius 2 is 1.75 bits per heavy atom. The van der Waals surface area contributed by atoms with Crippen molar-refractivity contribution in [1.29, 1.82) is 0 Å². The van der Waals surface area contributed by atoms with E-state index in [2.05, 4.69) is 13.8 Å². The van der Waals surface area contributed by atoms with E-state index in [0.717, 1.165) is 5.56 Å². The molecule has 0 fully saturated rings. The van der Waals surface area contributed by atoms with Crippen LogP contribution >= 0.6 is 11.8 Å². The molecule has 0 aliphatic heterocycles. The maximum Gasteiger partial charge on any atom is 0.226 e. The zero-order chi connectivity index (χ0) is 12.1. The van der Waals surface area contributed by atoms with Crippen LogP contribution in [-0.4, -0.2) is 16.2 Å². The lowest BCUT2D eigenvalue weighted by atomic mass is 10.1. The standard InChI is InChI=1S/C12H17NO2S/c1-9(2)16-12(10(3)13(14)15)11-7-5-4-6-8-11/h4-10,12H,1-3H3/t10-,12-/m1/s1. The van der Waals surface area contributed by atoms with Crippen molar-refractivity contribution in [3.8, 4) is 0 Å². The second kappa shape index (κ2) is 5.89. The highest BCUT2D eigenvalue weighted by Gasteiger charge is 2.29. The Hall–Kier alpha value is -1.03. The van der Waals surface area contributed by atoms with Gasteiger partial charge in [-0.25, -0.2) is 0 Å². The van der Waals surface area contributed by atoms with Crippen LogP contribution in [0.25, 0.3) is 0 Å². The van der Waals surface area contributed by atoms with E-state index in [4.69, 9.17) is 0 Å². The Bertz CT molecular complexity index is 340. The molecule has 0 radical (unpaired) electrons. The molecule has 0 saturated heterocycles. The van der Waals surface area contributed by atoms with Crippen LogP contribution in [0.2, 0.25) is 0 Å². The summed E-state index contributed by atoms with van der Waals surface area (Å²) in [5.74, 6) is 0. The zero-order valence-corrected chi connectivity index (χ0v) is 10.6. The molecule has 1 aromatic carbocycles. The molecule has 0 aliphatic carbocycles. The summed E-state index contributed by atoms with van der Waals surface area (Å²) in [4.78, 5) is 10.7. The molecule has 1 aromatic rings. The summed E-state index contributed by atoms with van der Waals surface area (Å²) >= 11 is 1.65. The lowest BCUT2D eigenvalue weighted by molar-refractivity contribution is -0.518. The Balaban J connectivity index is 2.92. The molecule has 0 amide bonds. The first-order valence-electron chi connectivity index (χ1n) is 5.36. The fraction of sp³-hybridized carbons (Fsp3) is 0.500. The van der Waals surface area contributed by atoms with Gasteiger partial charge in [0.25, 0.3) is 0 Å². The minimum atomic E-state index is -0.560. The SMILES string of the molecule is CC(C)S[C@@H](c1ccccc1)[C@@H](C)[N+](=O)[O-]. The van der Waals surface area contributed by atoms with E-state index in [1.54, 1.807) is 18.7 Å². The fourth-order valence-electron chi connectivity index (χ4n) is 1.52. The molecule has 0 heterocycles. The summed E-state index contributed by atoms with van der Waals surface area (Å²) in [5, 5.41) is 11.2. The van der Waals surface area contributed by atoms with Crippen molar-refractivity contribution in [2.75, 3.05) is 0 Å². The lowest BCUT2D eigenvalue weighted by Crippen LogP contribution is -2.23. The third-order valence-electron chi connectivity index (χ3n) is 2.32. The summed E-state index contributed by atoms with van der Waals surface area (Å²) in [6, 6.07) is 9.14. The summed E-state index contributed by atoms with van der Waals surface area (Å²) in [6.07, 6.45) is 0. The highest BCUT2D eigenvalue weighted by atomic mass is 32.2. The molecule has 4 heteroatoms. The Kier molecular flexibility index (Phi) is 4.80. The van der Waals surface area contributed by atoms with Gasteiger partial charge in [0.15, 0.2) is 0 Å². The topological polar surface area (TPSA) is 43.1 Å². The average molecular weight is 239 g/mol. The third kappa shape index (κ3) is 3.52. The first kappa shape index (κ1) is 13.0. The fourth-order valence-corrected chi connectivity index (χ4v) is 2.74. The molecular weight excluding hydrogens is 222 g/mol. The van der Waals surface area contributed by atoms with Crippen LogP contribution in [0, 0.1) is 10.1 Å².